The van der Waals surface area contributed by atoms with Gasteiger partial charge in [0.1, 0.15) is 11.3 Å². The monoisotopic (exact) mass is 268 g/mol. The van der Waals surface area contributed by atoms with Gasteiger partial charge in [0.15, 0.2) is 5.82 Å². The van der Waals surface area contributed by atoms with Crippen LogP contribution in [-0.2, 0) is 6.54 Å². The van der Waals surface area contributed by atoms with Crippen molar-refractivity contribution in [3.05, 3.63) is 30.1 Å². The molecule has 0 unspecified atom stereocenters. The number of aryl methyl sites for hydroxylation is 2. The maximum atomic E-state index is 6.07. The van der Waals surface area contributed by atoms with Gasteiger partial charge in [0.05, 0.1) is 11.0 Å². The van der Waals surface area contributed by atoms with Crippen molar-refractivity contribution in [2.75, 3.05) is 5.73 Å². The highest BCUT2D eigenvalue weighted by atomic mass is 15.1. The summed E-state index contributed by atoms with van der Waals surface area (Å²) in [5.74, 6) is 1.54. The van der Waals surface area contributed by atoms with Gasteiger partial charge in [-0.25, -0.2) is 9.97 Å². The molecule has 2 aromatic heterocycles. The molecule has 0 aliphatic carbocycles. The van der Waals surface area contributed by atoms with E-state index < -0.39 is 0 Å². The van der Waals surface area contributed by atoms with Crippen molar-refractivity contribution in [1.82, 2.24) is 14.5 Å². The lowest BCUT2D eigenvalue weighted by molar-refractivity contribution is 0.603. The van der Waals surface area contributed by atoms with Crippen LogP contribution in [0.1, 0.15) is 32.0 Å². The van der Waals surface area contributed by atoms with Crippen molar-refractivity contribution in [3.63, 3.8) is 0 Å². The minimum atomic E-state index is 0.524. The van der Waals surface area contributed by atoms with Crippen LogP contribution in [-0.4, -0.2) is 14.5 Å². The van der Waals surface area contributed by atoms with E-state index >= 15 is 0 Å². The van der Waals surface area contributed by atoms with Crippen LogP contribution in [0, 0.1) is 6.92 Å². The van der Waals surface area contributed by atoms with E-state index in [9.17, 15) is 0 Å². The van der Waals surface area contributed by atoms with Gasteiger partial charge in [0.2, 0.25) is 0 Å². The first-order valence-corrected chi connectivity index (χ1v) is 7.23. The number of anilines is 1. The first kappa shape index (κ1) is 12.9. The van der Waals surface area contributed by atoms with Gasteiger partial charge in [-0.3, -0.25) is 0 Å². The second-order valence-corrected chi connectivity index (χ2v) is 5.23. The van der Waals surface area contributed by atoms with Gasteiger partial charge in [0.25, 0.3) is 0 Å². The van der Waals surface area contributed by atoms with Crippen LogP contribution in [0.4, 0.5) is 5.82 Å². The molecule has 4 heteroatoms. The molecule has 0 fully saturated rings. The zero-order valence-electron chi connectivity index (χ0n) is 12.1. The topological polar surface area (TPSA) is 56.7 Å². The number of hydrogen-bond acceptors (Lipinski definition) is 3. The number of aromatic nitrogens is 3. The van der Waals surface area contributed by atoms with Crippen LogP contribution in [0.5, 0.6) is 0 Å². The minimum absolute atomic E-state index is 0.524. The van der Waals surface area contributed by atoms with E-state index in [2.05, 4.69) is 27.5 Å². The molecule has 0 spiro atoms. The van der Waals surface area contributed by atoms with Crippen molar-refractivity contribution < 1.29 is 0 Å². The normalized spacial score (nSPS) is 11.5. The summed E-state index contributed by atoms with van der Waals surface area (Å²) in [5.41, 5.74) is 8.97. The standard InChI is InChI=1S/C16H20N4/c1-3-4-7-10-20-11(2)18-14-15(20)12-8-5-6-9-13(12)19-16(14)17/h5-6,8-9H,3-4,7,10H2,1-2H3,(H2,17,19). The fraction of sp³-hybridized carbons (Fsp3) is 0.375. The molecule has 2 heterocycles. The number of nitrogen functional groups attached to an aromatic ring is 1. The van der Waals surface area contributed by atoms with Crippen molar-refractivity contribution in [1.29, 1.82) is 0 Å². The summed E-state index contributed by atoms with van der Waals surface area (Å²) in [4.78, 5) is 9.07. The Kier molecular flexibility index (Phi) is 3.30. The van der Waals surface area contributed by atoms with E-state index in [0.29, 0.717) is 5.82 Å². The van der Waals surface area contributed by atoms with Crippen LogP contribution in [0.25, 0.3) is 21.9 Å². The molecule has 3 aromatic rings. The van der Waals surface area contributed by atoms with Crippen molar-refractivity contribution in [2.24, 2.45) is 0 Å². The third-order valence-electron chi connectivity index (χ3n) is 3.79. The number of nitrogens with zero attached hydrogens (tertiary/aromatic N) is 3. The molecule has 20 heavy (non-hydrogen) atoms. The predicted octanol–water partition coefficient (Wildman–Crippen LogP) is 3.67. The van der Waals surface area contributed by atoms with E-state index in [4.69, 9.17) is 5.73 Å². The van der Waals surface area contributed by atoms with Gasteiger partial charge in [-0.2, -0.15) is 0 Å². The van der Waals surface area contributed by atoms with E-state index in [1.54, 1.807) is 0 Å². The first-order valence-electron chi connectivity index (χ1n) is 7.23. The summed E-state index contributed by atoms with van der Waals surface area (Å²) in [5, 5.41) is 1.13. The Morgan fingerprint density at radius 1 is 1.15 bits per heavy atom. The Hall–Kier alpha value is -2.10. The lowest BCUT2D eigenvalue weighted by Gasteiger charge is -2.08. The Balaban J connectivity index is 2.25. The second-order valence-electron chi connectivity index (χ2n) is 5.23. The summed E-state index contributed by atoms with van der Waals surface area (Å²) < 4.78 is 2.28. The van der Waals surface area contributed by atoms with E-state index in [0.717, 1.165) is 34.3 Å². The smallest absolute Gasteiger partial charge is 0.152 e. The van der Waals surface area contributed by atoms with Crippen molar-refractivity contribution >= 4 is 27.8 Å². The molecule has 0 amide bonds. The van der Waals surface area contributed by atoms with E-state index in [-0.39, 0.29) is 0 Å². The van der Waals surface area contributed by atoms with E-state index in [1.165, 1.54) is 19.3 Å². The van der Waals surface area contributed by atoms with Crippen LogP contribution >= 0.6 is 0 Å². The fourth-order valence-electron chi connectivity index (χ4n) is 2.76. The molecule has 3 rings (SSSR count). The van der Waals surface area contributed by atoms with Gasteiger partial charge in [-0.1, -0.05) is 38.0 Å². The van der Waals surface area contributed by atoms with Gasteiger partial charge in [-0.05, 0) is 19.4 Å². The minimum Gasteiger partial charge on any atom is -0.382 e. The number of fused-ring (bicyclic) bond motifs is 3. The third kappa shape index (κ3) is 2.01. The molecular weight excluding hydrogens is 248 g/mol. The zero-order chi connectivity index (χ0) is 14.1. The molecule has 0 aliphatic heterocycles. The average Bonchev–Trinajstić information content (AvgIpc) is 2.78. The van der Waals surface area contributed by atoms with Crippen LogP contribution in [0.2, 0.25) is 0 Å². The molecule has 0 aliphatic rings. The molecule has 0 bridgehead atoms. The van der Waals surface area contributed by atoms with Crippen molar-refractivity contribution in [3.8, 4) is 0 Å². The Bertz CT molecular complexity index is 758. The highest BCUT2D eigenvalue weighted by Crippen LogP contribution is 2.28. The Morgan fingerprint density at radius 3 is 2.75 bits per heavy atom. The number of unbranched alkanes of at least 4 members (excludes halogenated alkanes) is 2. The Morgan fingerprint density at radius 2 is 1.95 bits per heavy atom. The predicted molar refractivity (Wildman–Crippen MR) is 83.7 cm³/mol. The first-order chi connectivity index (χ1) is 9.72. The summed E-state index contributed by atoms with van der Waals surface area (Å²) in [7, 11) is 0. The van der Waals surface area contributed by atoms with E-state index in [1.807, 2.05) is 25.1 Å². The molecule has 2 N–H and O–H groups in total. The molecule has 0 atom stereocenters. The van der Waals surface area contributed by atoms with Gasteiger partial charge in [0, 0.05) is 11.9 Å². The molecule has 0 saturated carbocycles. The lowest BCUT2D eigenvalue weighted by Crippen LogP contribution is -2.01. The van der Waals surface area contributed by atoms with Gasteiger partial charge in [-0.15, -0.1) is 0 Å². The maximum Gasteiger partial charge on any atom is 0.152 e. The number of imidazole rings is 1. The molecular formula is C16H20N4. The lowest BCUT2D eigenvalue weighted by atomic mass is 10.2. The van der Waals surface area contributed by atoms with Crippen LogP contribution < -0.4 is 5.73 Å². The molecule has 104 valence electrons. The Labute approximate surface area is 118 Å². The molecule has 0 saturated heterocycles. The number of para-hydroxylation sites is 1. The summed E-state index contributed by atoms with van der Waals surface area (Å²) >= 11 is 0. The van der Waals surface area contributed by atoms with Gasteiger partial charge < -0.3 is 10.3 Å². The highest BCUT2D eigenvalue weighted by molar-refractivity contribution is 6.06. The second kappa shape index (κ2) is 5.12. The van der Waals surface area contributed by atoms with Crippen LogP contribution in [0.3, 0.4) is 0 Å². The summed E-state index contributed by atoms with van der Waals surface area (Å²) in [6.07, 6.45) is 3.62. The summed E-state index contributed by atoms with van der Waals surface area (Å²) in [6.45, 7) is 5.25. The summed E-state index contributed by atoms with van der Waals surface area (Å²) in [6, 6.07) is 8.13. The fourth-order valence-corrected chi connectivity index (χ4v) is 2.76. The number of nitrogens with two attached hydrogens (primary N) is 1. The molecule has 1 aromatic carbocycles. The molecule has 0 radical (unpaired) electrons. The highest BCUT2D eigenvalue weighted by Gasteiger charge is 2.14. The largest absolute Gasteiger partial charge is 0.382 e. The number of rotatable bonds is 4. The van der Waals surface area contributed by atoms with Crippen LogP contribution in [0.15, 0.2) is 24.3 Å². The zero-order valence-corrected chi connectivity index (χ0v) is 12.1. The van der Waals surface area contributed by atoms with Crippen molar-refractivity contribution in [2.45, 2.75) is 39.7 Å². The average molecular weight is 268 g/mol. The van der Waals surface area contributed by atoms with Gasteiger partial charge >= 0.3 is 0 Å². The number of pyridine rings is 1. The maximum absolute atomic E-state index is 6.07. The quantitative estimate of drug-likeness (QED) is 0.734. The third-order valence-corrected chi connectivity index (χ3v) is 3.79. The number of benzene rings is 1. The molecule has 4 nitrogen and oxygen atoms in total. The SMILES string of the molecule is CCCCCn1c(C)nc2c(N)nc3ccccc3c21. The number of hydrogen-bond donors (Lipinski definition) is 1.